The van der Waals surface area contributed by atoms with Gasteiger partial charge in [-0.3, -0.25) is 0 Å². The van der Waals surface area contributed by atoms with Gasteiger partial charge in [0.05, 0.1) is 11.4 Å². The highest BCUT2D eigenvalue weighted by Crippen LogP contribution is 2.31. The van der Waals surface area contributed by atoms with E-state index in [1.54, 1.807) is 13.8 Å². The van der Waals surface area contributed by atoms with Crippen LogP contribution in [0.25, 0.3) is 11.3 Å². The molecular weight excluding hydrogens is 345 g/mol. The average Bonchev–Trinajstić information content (AvgIpc) is 2.54. The van der Waals surface area contributed by atoms with Gasteiger partial charge in [-0.15, -0.1) is 13.2 Å². The van der Waals surface area contributed by atoms with Crippen LogP contribution in [0.15, 0.2) is 18.2 Å². The first-order chi connectivity index (χ1) is 12.1. The summed E-state index contributed by atoms with van der Waals surface area (Å²) in [7, 11) is 0. The fourth-order valence-corrected chi connectivity index (χ4v) is 2.68. The summed E-state index contributed by atoms with van der Waals surface area (Å²) >= 11 is 0. The summed E-state index contributed by atoms with van der Waals surface area (Å²) in [4.78, 5) is 8.92. The number of aromatic nitrogens is 2. The van der Waals surface area contributed by atoms with Crippen molar-refractivity contribution in [2.45, 2.75) is 52.9 Å². The molecule has 0 amide bonds. The SMILES string of the molecule is CCC(CC)Nc1nc(C)c(-c2ccc(OC(F)(F)F)cc2C)nc1N. The molecule has 0 spiro atoms. The number of hydrogen-bond donors (Lipinski definition) is 2. The quantitative estimate of drug-likeness (QED) is 0.763. The minimum absolute atomic E-state index is 0.248. The number of rotatable bonds is 6. The molecule has 3 N–H and O–H groups in total. The number of alkyl halides is 3. The van der Waals surface area contributed by atoms with Gasteiger partial charge in [0.2, 0.25) is 0 Å². The van der Waals surface area contributed by atoms with Gasteiger partial charge in [0.1, 0.15) is 5.75 Å². The minimum Gasteiger partial charge on any atom is -0.406 e. The fraction of sp³-hybridized carbons (Fsp3) is 0.444. The molecule has 0 unspecified atom stereocenters. The van der Waals surface area contributed by atoms with Gasteiger partial charge in [-0.1, -0.05) is 13.8 Å². The maximum atomic E-state index is 12.4. The van der Waals surface area contributed by atoms with E-state index < -0.39 is 6.36 Å². The van der Waals surface area contributed by atoms with E-state index in [0.717, 1.165) is 12.8 Å². The summed E-state index contributed by atoms with van der Waals surface area (Å²) in [6.45, 7) is 7.62. The highest BCUT2D eigenvalue weighted by molar-refractivity contribution is 5.71. The molecule has 26 heavy (non-hydrogen) atoms. The van der Waals surface area contributed by atoms with E-state index in [-0.39, 0.29) is 17.6 Å². The predicted molar refractivity (Wildman–Crippen MR) is 96.0 cm³/mol. The van der Waals surface area contributed by atoms with E-state index in [4.69, 9.17) is 5.73 Å². The molecule has 0 atom stereocenters. The first kappa shape index (κ1) is 19.8. The van der Waals surface area contributed by atoms with Crippen LogP contribution < -0.4 is 15.8 Å². The number of hydrogen-bond acceptors (Lipinski definition) is 5. The lowest BCUT2D eigenvalue weighted by Gasteiger charge is -2.18. The number of nitrogens with zero attached hydrogens (tertiary/aromatic N) is 2. The third kappa shape index (κ3) is 4.77. The van der Waals surface area contributed by atoms with Crippen LogP contribution in [0.2, 0.25) is 0 Å². The Labute approximate surface area is 150 Å². The molecule has 1 aromatic carbocycles. The molecular formula is C18H23F3N4O. The average molecular weight is 368 g/mol. The molecule has 0 radical (unpaired) electrons. The number of aryl methyl sites for hydroxylation is 2. The van der Waals surface area contributed by atoms with Crippen molar-refractivity contribution in [3.05, 3.63) is 29.5 Å². The number of halogens is 3. The van der Waals surface area contributed by atoms with Crippen LogP contribution in [0, 0.1) is 13.8 Å². The van der Waals surface area contributed by atoms with E-state index in [0.29, 0.717) is 28.3 Å². The Morgan fingerprint density at radius 2 is 1.81 bits per heavy atom. The zero-order valence-electron chi connectivity index (χ0n) is 15.2. The highest BCUT2D eigenvalue weighted by atomic mass is 19.4. The normalized spacial score (nSPS) is 11.7. The van der Waals surface area contributed by atoms with Crippen molar-refractivity contribution in [3.8, 4) is 17.0 Å². The van der Waals surface area contributed by atoms with Gasteiger partial charge in [0.25, 0.3) is 0 Å². The number of nitrogens with two attached hydrogens (primary N) is 1. The Morgan fingerprint density at radius 1 is 1.15 bits per heavy atom. The van der Waals surface area contributed by atoms with Crippen molar-refractivity contribution in [2.24, 2.45) is 0 Å². The molecule has 8 heteroatoms. The number of ether oxygens (including phenoxy) is 1. The van der Waals surface area contributed by atoms with Crippen LogP contribution in [0.4, 0.5) is 24.8 Å². The Kier molecular flexibility index (Phi) is 5.94. The summed E-state index contributed by atoms with van der Waals surface area (Å²) in [5.41, 5.74) is 8.46. The van der Waals surface area contributed by atoms with E-state index in [1.807, 2.05) is 0 Å². The summed E-state index contributed by atoms with van der Waals surface area (Å²) in [5.74, 6) is 0.506. The summed E-state index contributed by atoms with van der Waals surface area (Å²) < 4.78 is 41.0. The van der Waals surface area contributed by atoms with Crippen LogP contribution in [-0.4, -0.2) is 22.4 Å². The monoisotopic (exact) mass is 368 g/mol. The molecule has 0 aliphatic rings. The molecule has 2 aromatic rings. The van der Waals surface area contributed by atoms with Gasteiger partial charge < -0.3 is 15.8 Å². The molecule has 1 heterocycles. The van der Waals surface area contributed by atoms with Crippen molar-refractivity contribution in [1.29, 1.82) is 0 Å². The summed E-state index contributed by atoms with van der Waals surface area (Å²) in [6, 6.07) is 4.35. The second-order valence-corrected chi connectivity index (χ2v) is 6.07. The summed E-state index contributed by atoms with van der Waals surface area (Å²) in [5, 5.41) is 3.27. The Morgan fingerprint density at radius 3 is 2.35 bits per heavy atom. The van der Waals surface area contributed by atoms with Gasteiger partial charge in [-0.05, 0) is 50.5 Å². The standard InChI is InChI=1S/C18H23F3N4O/c1-5-12(6-2)24-17-16(22)25-15(11(4)23-17)14-8-7-13(9-10(14)3)26-18(19,20)21/h7-9,12H,5-6H2,1-4H3,(H2,22,25)(H,23,24). The number of nitrogens with one attached hydrogen (secondary N) is 1. The smallest absolute Gasteiger partial charge is 0.406 e. The van der Waals surface area contributed by atoms with Gasteiger partial charge >= 0.3 is 6.36 Å². The van der Waals surface area contributed by atoms with Crippen molar-refractivity contribution in [2.75, 3.05) is 11.1 Å². The molecule has 142 valence electrons. The van der Waals surface area contributed by atoms with Gasteiger partial charge in [-0.2, -0.15) is 0 Å². The first-order valence-electron chi connectivity index (χ1n) is 8.42. The van der Waals surface area contributed by atoms with Crippen LogP contribution in [-0.2, 0) is 0 Å². The van der Waals surface area contributed by atoms with Crippen LogP contribution >= 0.6 is 0 Å². The van der Waals surface area contributed by atoms with Crippen LogP contribution in [0.1, 0.15) is 37.9 Å². The molecule has 0 fully saturated rings. The Balaban J connectivity index is 2.36. The van der Waals surface area contributed by atoms with E-state index >= 15 is 0 Å². The summed E-state index contributed by atoms with van der Waals surface area (Å²) in [6.07, 6.45) is -2.87. The van der Waals surface area contributed by atoms with Crippen LogP contribution in [0.5, 0.6) is 5.75 Å². The number of benzene rings is 1. The Bertz CT molecular complexity index is 774. The predicted octanol–water partition coefficient (Wildman–Crippen LogP) is 4.84. The number of anilines is 2. The van der Waals surface area contributed by atoms with Crippen molar-refractivity contribution in [3.63, 3.8) is 0 Å². The maximum absolute atomic E-state index is 12.4. The van der Waals surface area contributed by atoms with E-state index in [2.05, 4.69) is 33.9 Å². The Hall–Kier alpha value is -2.51. The molecule has 0 saturated carbocycles. The minimum atomic E-state index is -4.73. The lowest BCUT2D eigenvalue weighted by atomic mass is 10.0. The number of nitrogen functional groups attached to an aromatic ring is 1. The van der Waals surface area contributed by atoms with Gasteiger partial charge in [0, 0.05) is 11.6 Å². The molecule has 2 rings (SSSR count). The zero-order chi connectivity index (χ0) is 19.5. The molecule has 0 aliphatic carbocycles. The van der Waals surface area contributed by atoms with Crippen molar-refractivity contribution in [1.82, 2.24) is 9.97 Å². The van der Waals surface area contributed by atoms with Gasteiger partial charge in [0.15, 0.2) is 11.6 Å². The molecule has 1 aromatic heterocycles. The second kappa shape index (κ2) is 7.80. The van der Waals surface area contributed by atoms with E-state index in [1.165, 1.54) is 18.2 Å². The molecule has 0 bridgehead atoms. The second-order valence-electron chi connectivity index (χ2n) is 6.07. The third-order valence-corrected chi connectivity index (χ3v) is 4.11. The maximum Gasteiger partial charge on any atom is 0.573 e. The zero-order valence-corrected chi connectivity index (χ0v) is 15.2. The first-order valence-corrected chi connectivity index (χ1v) is 8.42. The molecule has 0 saturated heterocycles. The van der Waals surface area contributed by atoms with Crippen LogP contribution in [0.3, 0.4) is 0 Å². The van der Waals surface area contributed by atoms with E-state index in [9.17, 15) is 13.2 Å². The lowest BCUT2D eigenvalue weighted by Crippen LogP contribution is -2.20. The third-order valence-electron chi connectivity index (χ3n) is 4.11. The topological polar surface area (TPSA) is 73.1 Å². The lowest BCUT2D eigenvalue weighted by molar-refractivity contribution is -0.274. The highest BCUT2D eigenvalue weighted by Gasteiger charge is 2.31. The largest absolute Gasteiger partial charge is 0.573 e. The van der Waals surface area contributed by atoms with Crippen molar-refractivity contribution >= 4 is 11.6 Å². The molecule has 0 aliphatic heterocycles. The van der Waals surface area contributed by atoms with Gasteiger partial charge in [-0.25, -0.2) is 9.97 Å². The van der Waals surface area contributed by atoms with Crippen molar-refractivity contribution < 1.29 is 17.9 Å². The fourth-order valence-electron chi connectivity index (χ4n) is 2.68. The molecule has 5 nitrogen and oxygen atoms in total.